The second-order valence-electron chi connectivity index (χ2n) is 6.45. The molecule has 0 aromatic heterocycles. The molecule has 3 rings (SSSR count). The molecular formula is C24H18Cl2N2O3. The van der Waals surface area contributed by atoms with Crippen LogP contribution in [-0.2, 0) is 11.4 Å². The number of nitriles is 1. The van der Waals surface area contributed by atoms with Crippen molar-refractivity contribution >= 4 is 40.9 Å². The van der Waals surface area contributed by atoms with E-state index >= 15 is 0 Å². The first-order chi connectivity index (χ1) is 15.0. The number of benzene rings is 3. The number of hydrogen-bond donors (Lipinski definition) is 1. The lowest BCUT2D eigenvalue weighted by Crippen LogP contribution is -2.13. The van der Waals surface area contributed by atoms with Gasteiger partial charge in [0, 0.05) is 27.4 Å². The summed E-state index contributed by atoms with van der Waals surface area (Å²) < 4.78 is 11.2. The number of nitrogens with one attached hydrogen (secondary N) is 1. The van der Waals surface area contributed by atoms with Crippen LogP contribution in [0, 0.1) is 11.3 Å². The van der Waals surface area contributed by atoms with E-state index in [9.17, 15) is 10.1 Å². The van der Waals surface area contributed by atoms with Gasteiger partial charge < -0.3 is 14.8 Å². The lowest BCUT2D eigenvalue weighted by Gasteiger charge is -2.12. The Morgan fingerprint density at radius 2 is 1.84 bits per heavy atom. The molecule has 31 heavy (non-hydrogen) atoms. The van der Waals surface area contributed by atoms with E-state index in [0.29, 0.717) is 32.8 Å². The molecule has 0 bridgehead atoms. The predicted molar refractivity (Wildman–Crippen MR) is 122 cm³/mol. The fourth-order valence-corrected chi connectivity index (χ4v) is 3.01. The molecule has 0 aliphatic heterocycles. The first-order valence-electron chi connectivity index (χ1n) is 9.22. The number of amides is 1. The molecule has 0 saturated carbocycles. The average molecular weight is 453 g/mol. The summed E-state index contributed by atoms with van der Waals surface area (Å²) in [4.78, 5) is 12.6. The van der Waals surface area contributed by atoms with E-state index in [-0.39, 0.29) is 12.2 Å². The standard InChI is InChI=1S/C24H18Cl2N2O3/c1-30-22-10-7-17(23(13-22)31-15-16-5-8-19(25)9-6-16)11-18(14-27)24(29)28-21-4-2-3-20(26)12-21/h2-13H,15H2,1H3,(H,28,29)/b18-11+. The Balaban J connectivity index is 1.85. The normalized spacial score (nSPS) is 10.8. The first-order valence-corrected chi connectivity index (χ1v) is 9.98. The summed E-state index contributed by atoms with van der Waals surface area (Å²) in [5.74, 6) is 0.506. The fraction of sp³-hybridized carbons (Fsp3) is 0.0833. The number of nitrogens with zero attached hydrogens (tertiary/aromatic N) is 1. The molecule has 0 unspecified atom stereocenters. The molecule has 0 spiro atoms. The van der Waals surface area contributed by atoms with Crippen LogP contribution in [0.2, 0.25) is 10.0 Å². The van der Waals surface area contributed by atoms with Crippen LogP contribution in [-0.4, -0.2) is 13.0 Å². The topological polar surface area (TPSA) is 71.3 Å². The van der Waals surface area contributed by atoms with Crippen molar-refractivity contribution in [2.75, 3.05) is 12.4 Å². The molecule has 0 fully saturated rings. The van der Waals surface area contributed by atoms with E-state index in [0.717, 1.165) is 5.56 Å². The minimum Gasteiger partial charge on any atom is -0.497 e. The Kier molecular flexibility index (Phi) is 7.55. The largest absolute Gasteiger partial charge is 0.497 e. The lowest BCUT2D eigenvalue weighted by atomic mass is 10.1. The van der Waals surface area contributed by atoms with Gasteiger partial charge >= 0.3 is 0 Å². The van der Waals surface area contributed by atoms with Crippen molar-refractivity contribution in [3.8, 4) is 17.6 Å². The van der Waals surface area contributed by atoms with Gasteiger partial charge in [-0.25, -0.2) is 0 Å². The fourth-order valence-electron chi connectivity index (χ4n) is 2.70. The van der Waals surface area contributed by atoms with Crippen LogP contribution >= 0.6 is 23.2 Å². The second-order valence-corrected chi connectivity index (χ2v) is 7.33. The Morgan fingerprint density at radius 1 is 1.06 bits per heavy atom. The summed E-state index contributed by atoms with van der Waals surface area (Å²) in [6.07, 6.45) is 1.47. The number of halogens is 2. The molecule has 0 heterocycles. The minimum atomic E-state index is -0.552. The maximum absolute atomic E-state index is 12.6. The predicted octanol–water partition coefficient (Wildman–Crippen LogP) is 6.13. The summed E-state index contributed by atoms with van der Waals surface area (Å²) in [6.45, 7) is 0.280. The van der Waals surface area contributed by atoms with Crippen LogP contribution < -0.4 is 14.8 Å². The smallest absolute Gasteiger partial charge is 0.266 e. The lowest BCUT2D eigenvalue weighted by molar-refractivity contribution is -0.112. The van der Waals surface area contributed by atoms with Crippen LogP contribution in [0.4, 0.5) is 5.69 Å². The second kappa shape index (κ2) is 10.5. The Hall–Kier alpha value is -3.46. The third kappa shape index (κ3) is 6.26. The highest BCUT2D eigenvalue weighted by molar-refractivity contribution is 6.31. The van der Waals surface area contributed by atoms with Crippen molar-refractivity contribution in [1.29, 1.82) is 5.26 Å². The number of hydrogen-bond acceptors (Lipinski definition) is 4. The van der Waals surface area contributed by atoms with Gasteiger partial charge in [-0.15, -0.1) is 0 Å². The van der Waals surface area contributed by atoms with Crippen molar-refractivity contribution in [2.24, 2.45) is 0 Å². The van der Waals surface area contributed by atoms with Crippen LogP contribution in [0.1, 0.15) is 11.1 Å². The van der Waals surface area contributed by atoms with Gasteiger partial charge in [0.15, 0.2) is 0 Å². The maximum Gasteiger partial charge on any atom is 0.266 e. The monoisotopic (exact) mass is 452 g/mol. The van der Waals surface area contributed by atoms with Crippen LogP contribution in [0.5, 0.6) is 11.5 Å². The molecule has 3 aromatic rings. The number of anilines is 1. The Bertz CT molecular complexity index is 1150. The van der Waals surface area contributed by atoms with E-state index in [1.54, 1.807) is 61.7 Å². The molecule has 7 heteroatoms. The van der Waals surface area contributed by atoms with Crippen molar-refractivity contribution in [1.82, 2.24) is 0 Å². The molecule has 1 amide bonds. The summed E-state index contributed by atoms with van der Waals surface area (Å²) in [6, 6.07) is 21.0. The van der Waals surface area contributed by atoms with Gasteiger partial charge in [0.2, 0.25) is 0 Å². The highest BCUT2D eigenvalue weighted by Crippen LogP contribution is 2.28. The third-order valence-electron chi connectivity index (χ3n) is 4.28. The number of ether oxygens (including phenoxy) is 2. The van der Waals surface area contributed by atoms with Gasteiger partial charge in [-0.05, 0) is 54.1 Å². The Labute approximate surface area is 190 Å². The van der Waals surface area contributed by atoms with E-state index in [4.69, 9.17) is 32.7 Å². The van der Waals surface area contributed by atoms with Crippen LogP contribution in [0.25, 0.3) is 6.08 Å². The van der Waals surface area contributed by atoms with E-state index in [1.165, 1.54) is 6.08 Å². The molecule has 0 radical (unpaired) electrons. The zero-order valence-electron chi connectivity index (χ0n) is 16.6. The van der Waals surface area contributed by atoms with E-state index < -0.39 is 5.91 Å². The van der Waals surface area contributed by atoms with Gasteiger partial charge in [-0.2, -0.15) is 5.26 Å². The van der Waals surface area contributed by atoms with Crippen LogP contribution in [0.3, 0.4) is 0 Å². The zero-order chi connectivity index (χ0) is 22.2. The number of rotatable bonds is 7. The SMILES string of the molecule is COc1ccc(/C=C(\C#N)C(=O)Nc2cccc(Cl)c2)c(OCc2ccc(Cl)cc2)c1. The van der Waals surface area contributed by atoms with E-state index in [2.05, 4.69) is 5.32 Å². The first kappa shape index (κ1) is 22.2. The highest BCUT2D eigenvalue weighted by atomic mass is 35.5. The molecular weight excluding hydrogens is 435 g/mol. The van der Waals surface area contributed by atoms with E-state index in [1.807, 2.05) is 18.2 Å². The highest BCUT2D eigenvalue weighted by Gasteiger charge is 2.13. The number of carbonyl (C=O) groups is 1. The number of methoxy groups -OCH3 is 1. The summed E-state index contributed by atoms with van der Waals surface area (Å²) in [7, 11) is 1.55. The number of carbonyl (C=O) groups excluding carboxylic acids is 1. The van der Waals surface area contributed by atoms with Gasteiger partial charge in [-0.3, -0.25) is 4.79 Å². The summed E-state index contributed by atoms with van der Waals surface area (Å²) >= 11 is 11.9. The molecule has 156 valence electrons. The third-order valence-corrected chi connectivity index (χ3v) is 4.76. The molecule has 3 aromatic carbocycles. The van der Waals surface area contributed by atoms with Crippen molar-refractivity contribution in [2.45, 2.75) is 6.61 Å². The summed E-state index contributed by atoms with van der Waals surface area (Å²) in [5.41, 5.74) is 1.89. The zero-order valence-corrected chi connectivity index (χ0v) is 18.1. The maximum atomic E-state index is 12.6. The quantitative estimate of drug-likeness (QED) is 0.345. The molecule has 0 aliphatic rings. The van der Waals surface area contributed by atoms with Crippen molar-refractivity contribution in [3.63, 3.8) is 0 Å². The molecule has 0 aliphatic carbocycles. The van der Waals surface area contributed by atoms with Crippen LogP contribution in [0.15, 0.2) is 72.3 Å². The molecule has 0 atom stereocenters. The van der Waals surface area contributed by atoms with Gasteiger partial charge in [0.1, 0.15) is 29.7 Å². The summed E-state index contributed by atoms with van der Waals surface area (Å²) in [5, 5.41) is 13.3. The Morgan fingerprint density at radius 3 is 2.52 bits per heavy atom. The molecule has 5 nitrogen and oxygen atoms in total. The molecule has 1 N–H and O–H groups in total. The van der Waals surface area contributed by atoms with Crippen molar-refractivity contribution < 1.29 is 14.3 Å². The van der Waals surface area contributed by atoms with Gasteiger partial charge in [-0.1, -0.05) is 41.4 Å². The van der Waals surface area contributed by atoms with Gasteiger partial charge in [0.25, 0.3) is 5.91 Å². The van der Waals surface area contributed by atoms with Gasteiger partial charge in [0.05, 0.1) is 7.11 Å². The minimum absolute atomic E-state index is 0.0820. The van der Waals surface area contributed by atoms with Crippen molar-refractivity contribution in [3.05, 3.63) is 93.5 Å². The average Bonchev–Trinajstić information content (AvgIpc) is 2.77. The molecule has 0 saturated heterocycles.